The highest BCUT2D eigenvalue weighted by atomic mass is 35.5. The number of rotatable bonds is 4. The van der Waals surface area contributed by atoms with Crippen molar-refractivity contribution in [3.8, 4) is 0 Å². The van der Waals surface area contributed by atoms with E-state index in [-0.39, 0.29) is 48.4 Å². The third-order valence-electron chi connectivity index (χ3n) is 5.39. The molecule has 6 nitrogen and oxygen atoms in total. The molecule has 0 aromatic carbocycles. The molecular weight excluding hydrogens is 353 g/mol. The average molecular weight is 384 g/mol. The molecule has 3 rings (SSSR count). The van der Waals surface area contributed by atoms with E-state index in [2.05, 4.69) is 15.5 Å². The zero-order valence-corrected chi connectivity index (χ0v) is 16.1. The maximum absolute atomic E-state index is 12.5. The van der Waals surface area contributed by atoms with Crippen LogP contribution in [0.1, 0.15) is 32.6 Å². The van der Waals surface area contributed by atoms with Gasteiger partial charge in [-0.15, -0.1) is 24.8 Å². The lowest BCUT2D eigenvalue weighted by molar-refractivity contribution is -0.130. The summed E-state index contributed by atoms with van der Waals surface area (Å²) in [6, 6.07) is -0.232. The minimum absolute atomic E-state index is 0. The molecule has 142 valence electrons. The van der Waals surface area contributed by atoms with Crippen LogP contribution in [0.5, 0.6) is 0 Å². The van der Waals surface area contributed by atoms with Crippen LogP contribution in [-0.4, -0.2) is 74.5 Å². The topological polar surface area (TPSA) is 62.8 Å². The SMILES string of the molecule is C[C@H]1OCCN[C@@H]1C(=O)NCC1(N2CCCC2)CCOCC1.Cl.Cl. The third-order valence-corrected chi connectivity index (χ3v) is 5.39. The highest BCUT2D eigenvalue weighted by molar-refractivity contribution is 5.85. The standard InChI is InChI=1S/C16H29N3O3.2ClH/c1-13-14(17-6-11-22-13)15(20)18-12-16(4-9-21-10-5-16)19-7-2-3-8-19;;/h13-14,17H,2-12H2,1H3,(H,18,20);2*1H/t13-,14+;;/m1../s1. The highest BCUT2D eigenvalue weighted by Crippen LogP contribution is 2.30. The fraction of sp³-hybridized carbons (Fsp3) is 0.938. The second-order valence-corrected chi connectivity index (χ2v) is 6.76. The lowest BCUT2D eigenvalue weighted by Crippen LogP contribution is -2.61. The van der Waals surface area contributed by atoms with Gasteiger partial charge in [-0.2, -0.15) is 0 Å². The molecule has 3 saturated heterocycles. The van der Waals surface area contributed by atoms with E-state index < -0.39 is 0 Å². The van der Waals surface area contributed by atoms with E-state index in [0.29, 0.717) is 6.61 Å². The summed E-state index contributed by atoms with van der Waals surface area (Å²) < 4.78 is 11.1. The molecule has 0 radical (unpaired) electrons. The summed E-state index contributed by atoms with van der Waals surface area (Å²) in [7, 11) is 0. The number of nitrogens with one attached hydrogen (secondary N) is 2. The molecule has 3 heterocycles. The quantitative estimate of drug-likeness (QED) is 0.757. The molecule has 0 spiro atoms. The van der Waals surface area contributed by atoms with Crippen molar-refractivity contribution in [1.29, 1.82) is 0 Å². The van der Waals surface area contributed by atoms with Crippen molar-refractivity contribution in [3.63, 3.8) is 0 Å². The Morgan fingerprint density at radius 1 is 1.21 bits per heavy atom. The normalized spacial score (nSPS) is 30.0. The molecule has 0 unspecified atom stereocenters. The average Bonchev–Trinajstić information content (AvgIpc) is 3.09. The first kappa shape index (κ1) is 21.9. The van der Waals surface area contributed by atoms with Crippen LogP contribution in [0.25, 0.3) is 0 Å². The number of amides is 1. The summed E-state index contributed by atoms with van der Waals surface area (Å²) in [5.74, 6) is 0.0669. The van der Waals surface area contributed by atoms with Gasteiger partial charge in [0.2, 0.25) is 5.91 Å². The van der Waals surface area contributed by atoms with E-state index in [1.165, 1.54) is 12.8 Å². The van der Waals surface area contributed by atoms with Gasteiger partial charge in [-0.3, -0.25) is 9.69 Å². The zero-order valence-electron chi connectivity index (χ0n) is 14.4. The molecule has 0 aromatic rings. The van der Waals surface area contributed by atoms with Crippen LogP contribution in [0.3, 0.4) is 0 Å². The number of hydrogen-bond acceptors (Lipinski definition) is 5. The van der Waals surface area contributed by atoms with E-state index in [1.807, 2.05) is 6.92 Å². The smallest absolute Gasteiger partial charge is 0.239 e. The number of likely N-dealkylation sites (tertiary alicyclic amines) is 1. The molecule has 0 aromatic heterocycles. The van der Waals surface area contributed by atoms with E-state index in [4.69, 9.17) is 9.47 Å². The second kappa shape index (κ2) is 10.1. The molecule has 2 N–H and O–H groups in total. The number of halogens is 2. The van der Waals surface area contributed by atoms with Gasteiger partial charge in [0.25, 0.3) is 0 Å². The van der Waals surface area contributed by atoms with Crippen molar-refractivity contribution in [2.75, 3.05) is 46.0 Å². The Kier molecular flexibility index (Phi) is 9.27. The number of carbonyl (C=O) groups is 1. The minimum atomic E-state index is -0.232. The molecule has 0 aliphatic carbocycles. The highest BCUT2D eigenvalue weighted by Gasteiger charge is 2.40. The molecule has 3 aliphatic heterocycles. The summed E-state index contributed by atoms with van der Waals surface area (Å²) in [6.07, 6.45) is 4.50. The Bertz CT molecular complexity index is 389. The number of ether oxygens (including phenoxy) is 2. The van der Waals surface area contributed by atoms with Crippen LogP contribution in [0.15, 0.2) is 0 Å². The molecule has 3 aliphatic rings. The van der Waals surface area contributed by atoms with Crippen LogP contribution in [0.2, 0.25) is 0 Å². The predicted molar refractivity (Wildman–Crippen MR) is 98.3 cm³/mol. The van der Waals surface area contributed by atoms with Crippen molar-refractivity contribution in [2.24, 2.45) is 0 Å². The fourth-order valence-corrected chi connectivity index (χ4v) is 3.94. The van der Waals surface area contributed by atoms with E-state index >= 15 is 0 Å². The van der Waals surface area contributed by atoms with Gasteiger partial charge in [-0.05, 0) is 45.7 Å². The minimum Gasteiger partial charge on any atom is -0.381 e. The Hall–Kier alpha value is -0.110. The third kappa shape index (κ3) is 4.96. The van der Waals surface area contributed by atoms with Crippen molar-refractivity contribution >= 4 is 30.7 Å². The van der Waals surface area contributed by atoms with Crippen molar-refractivity contribution in [1.82, 2.24) is 15.5 Å². The summed E-state index contributed by atoms with van der Waals surface area (Å²) in [4.78, 5) is 15.1. The Morgan fingerprint density at radius 2 is 1.88 bits per heavy atom. The Balaban J connectivity index is 0.00000144. The molecule has 2 atom stereocenters. The van der Waals surface area contributed by atoms with Crippen LogP contribution in [0.4, 0.5) is 0 Å². The van der Waals surface area contributed by atoms with Crippen molar-refractivity contribution in [2.45, 2.75) is 50.3 Å². The van der Waals surface area contributed by atoms with Gasteiger partial charge in [0.15, 0.2) is 0 Å². The number of nitrogens with zero attached hydrogens (tertiary/aromatic N) is 1. The van der Waals surface area contributed by atoms with Gasteiger partial charge in [-0.25, -0.2) is 0 Å². The second-order valence-electron chi connectivity index (χ2n) is 6.76. The van der Waals surface area contributed by atoms with E-state index in [0.717, 1.165) is 52.2 Å². The lowest BCUT2D eigenvalue weighted by atomic mass is 9.88. The summed E-state index contributed by atoms with van der Waals surface area (Å²) in [6.45, 7) is 8.00. The first-order valence-corrected chi connectivity index (χ1v) is 8.67. The molecular formula is C16H31Cl2N3O3. The molecule has 0 bridgehead atoms. The number of morpholine rings is 1. The van der Waals surface area contributed by atoms with Crippen LogP contribution < -0.4 is 10.6 Å². The van der Waals surface area contributed by atoms with Gasteiger partial charge in [0.05, 0.1) is 12.7 Å². The van der Waals surface area contributed by atoms with Crippen LogP contribution in [-0.2, 0) is 14.3 Å². The van der Waals surface area contributed by atoms with Crippen molar-refractivity contribution in [3.05, 3.63) is 0 Å². The monoisotopic (exact) mass is 383 g/mol. The number of hydrogen-bond donors (Lipinski definition) is 2. The van der Waals surface area contributed by atoms with Gasteiger partial charge in [-0.1, -0.05) is 0 Å². The lowest BCUT2D eigenvalue weighted by Gasteiger charge is -2.45. The van der Waals surface area contributed by atoms with E-state index in [1.54, 1.807) is 0 Å². The van der Waals surface area contributed by atoms with Crippen LogP contribution >= 0.6 is 24.8 Å². The first-order valence-electron chi connectivity index (χ1n) is 8.67. The van der Waals surface area contributed by atoms with Gasteiger partial charge < -0.3 is 20.1 Å². The summed E-state index contributed by atoms with van der Waals surface area (Å²) >= 11 is 0. The molecule has 24 heavy (non-hydrogen) atoms. The summed E-state index contributed by atoms with van der Waals surface area (Å²) in [5, 5.41) is 6.45. The molecule has 1 amide bonds. The van der Waals surface area contributed by atoms with Gasteiger partial charge in [0, 0.05) is 31.8 Å². The molecule has 0 saturated carbocycles. The predicted octanol–water partition coefficient (Wildman–Crippen LogP) is 0.968. The van der Waals surface area contributed by atoms with Crippen LogP contribution in [0, 0.1) is 0 Å². The molecule has 8 heteroatoms. The molecule has 3 fully saturated rings. The zero-order chi connectivity index (χ0) is 15.4. The van der Waals surface area contributed by atoms with Crippen molar-refractivity contribution < 1.29 is 14.3 Å². The van der Waals surface area contributed by atoms with E-state index in [9.17, 15) is 4.79 Å². The first-order chi connectivity index (χ1) is 10.7. The number of carbonyl (C=O) groups excluding carboxylic acids is 1. The maximum atomic E-state index is 12.5. The Labute approximate surface area is 157 Å². The fourth-order valence-electron chi connectivity index (χ4n) is 3.94. The largest absolute Gasteiger partial charge is 0.381 e. The van der Waals surface area contributed by atoms with Gasteiger partial charge in [0.1, 0.15) is 6.04 Å². The Morgan fingerprint density at radius 3 is 2.50 bits per heavy atom. The summed E-state index contributed by atoms with van der Waals surface area (Å²) in [5.41, 5.74) is 0.0865. The van der Waals surface area contributed by atoms with Gasteiger partial charge >= 0.3 is 0 Å². The maximum Gasteiger partial charge on any atom is 0.239 e.